The maximum absolute atomic E-state index is 13.2. The summed E-state index contributed by atoms with van der Waals surface area (Å²) in [6.45, 7) is 13.7. The molecular formula is C29H42O3Si. The molecular weight excluding hydrogens is 424 g/mol. The lowest BCUT2D eigenvalue weighted by Crippen LogP contribution is -2.51. The summed E-state index contributed by atoms with van der Waals surface area (Å²) >= 11 is 0. The van der Waals surface area contributed by atoms with Gasteiger partial charge in [0.05, 0.1) is 5.60 Å². The molecule has 0 amide bonds. The molecule has 4 heteroatoms. The van der Waals surface area contributed by atoms with Crippen LogP contribution >= 0.6 is 0 Å². The van der Waals surface area contributed by atoms with Gasteiger partial charge in [0.1, 0.15) is 6.10 Å². The predicted molar refractivity (Wildman–Crippen MR) is 139 cm³/mol. The summed E-state index contributed by atoms with van der Waals surface area (Å²) in [6.07, 6.45) is 7.15. The van der Waals surface area contributed by atoms with Gasteiger partial charge in [0, 0.05) is 17.4 Å². The molecule has 0 radical (unpaired) electrons. The summed E-state index contributed by atoms with van der Waals surface area (Å²) in [5.41, 5.74) is 6.04. The highest BCUT2D eigenvalue weighted by Gasteiger charge is 2.57. The molecule has 0 unspecified atom stereocenters. The van der Waals surface area contributed by atoms with E-state index in [9.17, 15) is 4.79 Å². The van der Waals surface area contributed by atoms with E-state index >= 15 is 0 Å². The molecule has 3 aliphatic rings. The van der Waals surface area contributed by atoms with Gasteiger partial charge in [0.25, 0.3) is 0 Å². The molecule has 180 valence electrons. The zero-order chi connectivity index (χ0) is 23.8. The van der Waals surface area contributed by atoms with Gasteiger partial charge in [0.15, 0.2) is 8.32 Å². The molecule has 2 fully saturated rings. The Morgan fingerprint density at radius 2 is 1.76 bits per heavy atom. The van der Waals surface area contributed by atoms with Crippen LogP contribution in [0.2, 0.25) is 18.1 Å². The summed E-state index contributed by atoms with van der Waals surface area (Å²) in [5.74, 6) is 0.198. The van der Waals surface area contributed by atoms with Crippen molar-refractivity contribution >= 4 is 20.4 Å². The molecule has 2 aliphatic carbocycles. The van der Waals surface area contributed by atoms with Crippen molar-refractivity contribution in [2.75, 3.05) is 0 Å². The lowest BCUT2D eigenvalue weighted by Gasteiger charge is -2.43. The monoisotopic (exact) mass is 466 g/mol. The zero-order valence-corrected chi connectivity index (χ0v) is 22.5. The second kappa shape index (κ2) is 9.54. The number of hydrogen-bond acceptors (Lipinski definition) is 3. The van der Waals surface area contributed by atoms with E-state index in [1.54, 1.807) is 0 Å². The number of aryl methyl sites for hydroxylation is 1. The third-order valence-electron chi connectivity index (χ3n) is 9.00. The van der Waals surface area contributed by atoms with Crippen LogP contribution in [0.5, 0.6) is 0 Å². The molecule has 0 spiro atoms. The third kappa shape index (κ3) is 4.41. The van der Waals surface area contributed by atoms with Crippen molar-refractivity contribution in [1.29, 1.82) is 0 Å². The normalized spacial score (nSPS) is 30.9. The van der Waals surface area contributed by atoms with Gasteiger partial charge < -0.3 is 9.16 Å². The fourth-order valence-corrected chi connectivity index (χ4v) is 9.76. The fourth-order valence-electron chi connectivity index (χ4n) is 6.61. The van der Waals surface area contributed by atoms with E-state index in [2.05, 4.69) is 71.9 Å². The van der Waals surface area contributed by atoms with Crippen LogP contribution in [-0.4, -0.2) is 26.0 Å². The topological polar surface area (TPSA) is 35.5 Å². The Labute approximate surface area is 201 Å². The lowest BCUT2D eigenvalue weighted by atomic mass is 9.79. The Morgan fingerprint density at radius 3 is 2.36 bits per heavy atom. The smallest absolute Gasteiger partial charge is 0.334 e. The first-order chi connectivity index (χ1) is 15.8. The van der Waals surface area contributed by atoms with E-state index in [1.807, 2.05) is 0 Å². The van der Waals surface area contributed by atoms with Gasteiger partial charge in [-0.05, 0) is 81.3 Å². The Hall–Kier alpha value is -1.65. The molecule has 1 saturated heterocycles. The third-order valence-corrected chi connectivity index (χ3v) is 13.8. The van der Waals surface area contributed by atoms with Gasteiger partial charge in [-0.1, -0.05) is 63.1 Å². The van der Waals surface area contributed by atoms with Crippen LogP contribution in [0.3, 0.4) is 0 Å². The Bertz CT molecular complexity index is 932. The quantitative estimate of drug-likeness (QED) is 0.181. The molecule has 1 aromatic carbocycles. The number of hydrogen-bond donors (Lipinski definition) is 0. The first-order valence-electron chi connectivity index (χ1n) is 13.2. The van der Waals surface area contributed by atoms with E-state index in [-0.39, 0.29) is 29.5 Å². The number of ether oxygens (including phenoxy) is 1. The summed E-state index contributed by atoms with van der Waals surface area (Å²) in [6, 6.07) is 12.0. The van der Waals surface area contributed by atoms with E-state index in [0.717, 1.165) is 61.4 Å². The highest BCUT2D eigenvalue weighted by Crippen LogP contribution is 2.55. The van der Waals surface area contributed by atoms with Crippen molar-refractivity contribution in [2.45, 2.75) is 103 Å². The van der Waals surface area contributed by atoms with Gasteiger partial charge >= 0.3 is 5.97 Å². The SMILES string of the molecule is CCc1ccc(/C=C2/C(=O)O[C@H]3[C@H]2CCC(C)=C2CC[C@@](C)(O[Si](CC)(CC)CC)[C@@H]23)cc1. The van der Waals surface area contributed by atoms with Gasteiger partial charge in [-0.2, -0.15) is 0 Å². The van der Waals surface area contributed by atoms with Crippen LogP contribution in [0.1, 0.15) is 78.4 Å². The molecule has 1 heterocycles. The van der Waals surface area contributed by atoms with Crippen LogP contribution < -0.4 is 0 Å². The van der Waals surface area contributed by atoms with Gasteiger partial charge in [-0.15, -0.1) is 0 Å². The lowest BCUT2D eigenvalue weighted by molar-refractivity contribution is -0.143. The van der Waals surface area contributed by atoms with E-state index < -0.39 is 8.32 Å². The maximum Gasteiger partial charge on any atom is 0.334 e. The zero-order valence-electron chi connectivity index (χ0n) is 21.5. The second-order valence-corrected chi connectivity index (χ2v) is 15.3. The number of fused-ring (bicyclic) bond motifs is 3. The van der Waals surface area contributed by atoms with Gasteiger partial charge in [0.2, 0.25) is 0 Å². The van der Waals surface area contributed by atoms with E-state index in [4.69, 9.17) is 9.16 Å². The van der Waals surface area contributed by atoms with E-state index in [0.29, 0.717) is 0 Å². The molecule has 1 saturated carbocycles. The van der Waals surface area contributed by atoms with Crippen molar-refractivity contribution < 1.29 is 14.0 Å². The number of carbonyl (C=O) groups excluding carboxylic acids is 1. The molecule has 1 aliphatic heterocycles. The summed E-state index contributed by atoms with van der Waals surface area (Å²) < 4.78 is 13.5. The molecule has 33 heavy (non-hydrogen) atoms. The van der Waals surface area contributed by atoms with Crippen molar-refractivity contribution in [1.82, 2.24) is 0 Å². The molecule has 0 aromatic heterocycles. The number of esters is 1. The van der Waals surface area contributed by atoms with E-state index in [1.165, 1.54) is 16.7 Å². The predicted octanol–water partition coefficient (Wildman–Crippen LogP) is 7.47. The van der Waals surface area contributed by atoms with Crippen LogP contribution in [0.15, 0.2) is 41.0 Å². The average molecular weight is 467 g/mol. The number of rotatable bonds is 7. The largest absolute Gasteiger partial charge is 0.458 e. The first-order valence-corrected chi connectivity index (χ1v) is 15.7. The van der Waals surface area contributed by atoms with Crippen molar-refractivity contribution in [3.63, 3.8) is 0 Å². The number of allylic oxidation sites excluding steroid dienone is 1. The minimum absolute atomic E-state index is 0.101. The number of carbonyl (C=O) groups is 1. The number of benzene rings is 1. The Balaban J connectivity index is 1.70. The Kier molecular flexibility index (Phi) is 7.07. The second-order valence-electron chi connectivity index (χ2n) is 10.7. The average Bonchev–Trinajstić information content (AvgIpc) is 3.27. The summed E-state index contributed by atoms with van der Waals surface area (Å²) in [7, 11) is -1.80. The van der Waals surface area contributed by atoms with Gasteiger partial charge in [-0.3, -0.25) is 0 Å². The summed E-state index contributed by atoms with van der Waals surface area (Å²) in [4.78, 5) is 13.2. The fraction of sp³-hybridized carbons (Fsp3) is 0.621. The summed E-state index contributed by atoms with van der Waals surface area (Å²) in [5, 5.41) is 0. The van der Waals surface area contributed by atoms with Crippen LogP contribution in [0.25, 0.3) is 6.08 Å². The maximum atomic E-state index is 13.2. The van der Waals surface area contributed by atoms with Crippen molar-refractivity contribution in [2.24, 2.45) is 11.8 Å². The molecule has 0 bridgehead atoms. The van der Waals surface area contributed by atoms with Crippen molar-refractivity contribution in [3.05, 3.63) is 52.1 Å². The minimum atomic E-state index is -1.80. The van der Waals surface area contributed by atoms with Crippen LogP contribution in [0, 0.1) is 11.8 Å². The molecule has 0 N–H and O–H groups in total. The standard InChI is InChI=1S/C29H42O3Si/c1-7-21-12-14-22(15-13-21)19-25-24-16-11-20(5)23-17-18-29(6,26(23)27(24)31-28(25)30)32-33(8-2,9-3)10-4/h12-15,19,24,26-27H,7-11,16-18H2,1-6H3/b25-19+/t24-,26-,27-,29+/m0/s1. The molecule has 1 aromatic rings. The van der Waals surface area contributed by atoms with Crippen LogP contribution in [-0.2, 0) is 20.4 Å². The highest BCUT2D eigenvalue weighted by atomic mass is 28.4. The van der Waals surface area contributed by atoms with Crippen LogP contribution in [0.4, 0.5) is 0 Å². The molecule has 4 atom stereocenters. The highest BCUT2D eigenvalue weighted by molar-refractivity contribution is 6.73. The van der Waals surface area contributed by atoms with Gasteiger partial charge in [-0.25, -0.2) is 4.79 Å². The minimum Gasteiger partial charge on any atom is -0.458 e. The Morgan fingerprint density at radius 1 is 1.09 bits per heavy atom. The first kappa shape index (κ1) is 24.5. The molecule has 4 rings (SSSR count). The van der Waals surface area contributed by atoms with Crippen molar-refractivity contribution in [3.8, 4) is 0 Å². The molecule has 3 nitrogen and oxygen atoms in total.